The van der Waals surface area contributed by atoms with Gasteiger partial charge in [0.25, 0.3) is 10.0 Å². The van der Waals surface area contributed by atoms with E-state index in [-0.39, 0.29) is 4.90 Å². The van der Waals surface area contributed by atoms with Gasteiger partial charge in [0, 0.05) is 0 Å². The molecule has 1 aromatic heterocycles. The lowest BCUT2D eigenvalue weighted by Gasteiger charge is -2.10. The van der Waals surface area contributed by atoms with E-state index < -0.39 is 10.0 Å². The molecule has 23 heavy (non-hydrogen) atoms. The van der Waals surface area contributed by atoms with Crippen LogP contribution in [0.3, 0.4) is 0 Å². The zero-order valence-corrected chi connectivity index (χ0v) is 14.0. The molecule has 6 heteroatoms. The highest BCUT2D eigenvalue weighted by Gasteiger charge is 2.14. The summed E-state index contributed by atoms with van der Waals surface area (Å²) in [5.74, 6) is 0. The summed E-state index contributed by atoms with van der Waals surface area (Å²) in [6.07, 6.45) is 0. The van der Waals surface area contributed by atoms with Crippen LogP contribution in [0, 0.1) is 20.8 Å². The summed E-state index contributed by atoms with van der Waals surface area (Å²) >= 11 is 0. The van der Waals surface area contributed by atoms with Crippen LogP contribution in [0.25, 0.3) is 11.0 Å². The maximum absolute atomic E-state index is 12.5. The van der Waals surface area contributed by atoms with Crippen LogP contribution in [0.1, 0.15) is 17.0 Å². The zero-order valence-electron chi connectivity index (χ0n) is 13.2. The quantitative estimate of drug-likeness (QED) is 0.800. The average molecular weight is 327 g/mol. The molecule has 0 aliphatic heterocycles. The van der Waals surface area contributed by atoms with E-state index in [1.165, 1.54) is 0 Å². The van der Waals surface area contributed by atoms with E-state index in [2.05, 4.69) is 14.7 Å². The second-order valence-electron chi connectivity index (χ2n) is 5.52. The van der Waals surface area contributed by atoms with Gasteiger partial charge in [-0.1, -0.05) is 12.1 Å². The Kier molecular flexibility index (Phi) is 3.77. The molecule has 0 fully saturated rings. The van der Waals surface area contributed by atoms with Crippen LogP contribution in [0.4, 0.5) is 5.69 Å². The molecule has 0 atom stereocenters. The molecule has 3 rings (SSSR count). The van der Waals surface area contributed by atoms with E-state index in [9.17, 15) is 8.42 Å². The predicted molar refractivity (Wildman–Crippen MR) is 91.0 cm³/mol. The zero-order chi connectivity index (χ0) is 16.6. The molecule has 118 valence electrons. The Hall–Kier alpha value is -2.47. The van der Waals surface area contributed by atoms with Gasteiger partial charge < -0.3 is 0 Å². The third-order valence-electron chi connectivity index (χ3n) is 3.63. The van der Waals surface area contributed by atoms with Crippen LogP contribution in [0.15, 0.2) is 47.4 Å². The summed E-state index contributed by atoms with van der Waals surface area (Å²) in [4.78, 5) is 9.14. The molecule has 0 aliphatic rings. The van der Waals surface area contributed by atoms with Crippen molar-refractivity contribution in [3.63, 3.8) is 0 Å². The number of benzene rings is 2. The molecule has 0 unspecified atom stereocenters. The fourth-order valence-corrected chi connectivity index (χ4v) is 3.44. The molecule has 5 nitrogen and oxygen atoms in total. The minimum atomic E-state index is -3.62. The molecule has 0 spiro atoms. The van der Waals surface area contributed by atoms with E-state index in [1.54, 1.807) is 36.4 Å². The number of hydrogen-bond donors (Lipinski definition) is 1. The van der Waals surface area contributed by atoms with Gasteiger partial charge in [0.1, 0.15) is 0 Å². The van der Waals surface area contributed by atoms with E-state index in [0.29, 0.717) is 11.2 Å². The summed E-state index contributed by atoms with van der Waals surface area (Å²) < 4.78 is 27.5. The molecule has 3 aromatic rings. The Labute approximate surface area is 135 Å². The van der Waals surface area contributed by atoms with Gasteiger partial charge in [0.2, 0.25) is 0 Å². The van der Waals surface area contributed by atoms with Crippen molar-refractivity contribution in [2.75, 3.05) is 4.72 Å². The number of aryl methyl sites for hydroxylation is 3. The largest absolute Gasteiger partial charge is 0.280 e. The monoisotopic (exact) mass is 327 g/mol. The van der Waals surface area contributed by atoms with Gasteiger partial charge >= 0.3 is 0 Å². The summed E-state index contributed by atoms with van der Waals surface area (Å²) in [5, 5.41) is 0. The molecule has 1 heterocycles. The van der Waals surface area contributed by atoms with E-state index >= 15 is 0 Å². The molecule has 2 aromatic carbocycles. The van der Waals surface area contributed by atoms with Gasteiger partial charge in [-0.2, -0.15) is 0 Å². The Bertz CT molecular complexity index is 998. The van der Waals surface area contributed by atoms with E-state index in [1.807, 2.05) is 26.8 Å². The summed E-state index contributed by atoms with van der Waals surface area (Å²) in [6, 6.07) is 11.9. The van der Waals surface area contributed by atoms with Crippen molar-refractivity contribution in [3.8, 4) is 0 Å². The Morgan fingerprint density at radius 2 is 1.57 bits per heavy atom. The summed E-state index contributed by atoms with van der Waals surface area (Å²) in [6.45, 7) is 5.64. The van der Waals surface area contributed by atoms with Crippen molar-refractivity contribution in [2.24, 2.45) is 0 Å². The van der Waals surface area contributed by atoms with Gasteiger partial charge in [-0.05, 0) is 56.7 Å². The summed E-state index contributed by atoms with van der Waals surface area (Å²) in [5.41, 5.74) is 4.46. The smallest absolute Gasteiger partial charge is 0.261 e. The average Bonchev–Trinajstić information content (AvgIpc) is 2.48. The third kappa shape index (κ3) is 3.17. The SMILES string of the molecule is Cc1cccc(S(=O)(=O)Nc2ccc3nc(C)c(C)nc3c2)c1. The van der Waals surface area contributed by atoms with Gasteiger partial charge in [-0.25, -0.2) is 18.4 Å². The lowest BCUT2D eigenvalue weighted by Crippen LogP contribution is -2.13. The van der Waals surface area contributed by atoms with Crippen molar-refractivity contribution in [2.45, 2.75) is 25.7 Å². The standard InChI is InChI=1S/C17H17N3O2S/c1-11-5-4-6-15(9-11)23(21,22)20-14-7-8-16-17(10-14)19-13(3)12(2)18-16/h4-10,20H,1-3H3. The molecule has 0 saturated carbocycles. The molecular formula is C17H17N3O2S. The van der Waals surface area contributed by atoms with E-state index in [4.69, 9.17) is 0 Å². The fourth-order valence-electron chi connectivity index (χ4n) is 2.29. The van der Waals surface area contributed by atoms with Crippen LogP contribution in [-0.2, 0) is 10.0 Å². The lowest BCUT2D eigenvalue weighted by molar-refractivity contribution is 0.601. The Morgan fingerprint density at radius 1 is 0.870 bits per heavy atom. The number of aromatic nitrogens is 2. The Balaban J connectivity index is 1.99. The highest BCUT2D eigenvalue weighted by molar-refractivity contribution is 7.92. The molecular weight excluding hydrogens is 310 g/mol. The second-order valence-corrected chi connectivity index (χ2v) is 7.20. The number of anilines is 1. The number of nitrogens with zero attached hydrogens (tertiary/aromatic N) is 2. The highest BCUT2D eigenvalue weighted by atomic mass is 32.2. The minimum Gasteiger partial charge on any atom is -0.280 e. The predicted octanol–water partition coefficient (Wildman–Crippen LogP) is 3.36. The van der Waals surface area contributed by atoms with Crippen LogP contribution in [0.5, 0.6) is 0 Å². The first-order chi connectivity index (χ1) is 10.8. The first kappa shape index (κ1) is 15.4. The van der Waals surface area contributed by atoms with Crippen LogP contribution >= 0.6 is 0 Å². The number of rotatable bonds is 3. The third-order valence-corrected chi connectivity index (χ3v) is 5.01. The molecule has 0 aliphatic carbocycles. The topological polar surface area (TPSA) is 72.0 Å². The van der Waals surface area contributed by atoms with Crippen molar-refractivity contribution in [1.82, 2.24) is 9.97 Å². The maximum atomic E-state index is 12.5. The van der Waals surface area contributed by atoms with Crippen LogP contribution in [0.2, 0.25) is 0 Å². The normalized spacial score (nSPS) is 11.6. The molecule has 0 amide bonds. The van der Waals surface area contributed by atoms with Crippen molar-refractivity contribution in [3.05, 3.63) is 59.4 Å². The van der Waals surface area contributed by atoms with Gasteiger partial charge in [-0.3, -0.25) is 4.72 Å². The van der Waals surface area contributed by atoms with Crippen LogP contribution in [-0.4, -0.2) is 18.4 Å². The van der Waals surface area contributed by atoms with Gasteiger partial charge in [0.15, 0.2) is 0 Å². The molecule has 0 bridgehead atoms. The number of hydrogen-bond acceptors (Lipinski definition) is 4. The molecule has 0 saturated heterocycles. The van der Waals surface area contributed by atoms with E-state index in [0.717, 1.165) is 22.5 Å². The maximum Gasteiger partial charge on any atom is 0.261 e. The highest BCUT2D eigenvalue weighted by Crippen LogP contribution is 2.21. The van der Waals surface area contributed by atoms with Crippen molar-refractivity contribution < 1.29 is 8.42 Å². The minimum absolute atomic E-state index is 0.240. The van der Waals surface area contributed by atoms with Crippen molar-refractivity contribution in [1.29, 1.82) is 0 Å². The number of nitrogens with one attached hydrogen (secondary N) is 1. The van der Waals surface area contributed by atoms with Gasteiger partial charge in [0.05, 0.1) is 33.0 Å². The van der Waals surface area contributed by atoms with Crippen molar-refractivity contribution >= 4 is 26.7 Å². The second kappa shape index (κ2) is 5.62. The molecule has 0 radical (unpaired) electrons. The summed E-state index contributed by atoms with van der Waals surface area (Å²) in [7, 11) is -3.62. The fraction of sp³-hybridized carbons (Fsp3) is 0.176. The lowest BCUT2D eigenvalue weighted by atomic mass is 10.2. The van der Waals surface area contributed by atoms with Crippen LogP contribution < -0.4 is 4.72 Å². The first-order valence-corrected chi connectivity index (χ1v) is 8.68. The first-order valence-electron chi connectivity index (χ1n) is 7.20. The Morgan fingerprint density at radius 3 is 2.26 bits per heavy atom. The number of sulfonamides is 1. The molecule has 1 N–H and O–H groups in total. The van der Waals surface area contributed by atoms with Gasteiger partial charge in [-0.15, -0.1) is 0 Å². The number of fused-ring (bicyclic) bond motifs is 1.